The first-order valence-corrected chi connectivity index (χ1v) is 8.58. The van der Waals surface area contributed by atoms with E-state index in [-0.39, 0.29) is 21.9 Å². The molecule has 0 saturated heterocycles. The minimum Gasteiger partial charge on any atom is -0.208 e. The molecule has 0 bridgehead atoms. The molecule has 0 spiro atoms. The third kappa shape index (κ3) is 4.80. The molecule has 1 aromatic carbocycles. The van der Waals surface area contributed by atoms with Gasteiger partial charge in [0, 0.05) is 16.9 Å². The van der Waals surface area contributed by atoms with Crippen molar-refractivity contribution in [2.45, 2.75) is 31.2 Å². The summed E-state index contributed by atoms with van der Waals surface area (Å²) < 4.78 is 27.2. The minimum absolute atomic E-state index is 0.0121. The first-order chi connectivity index (χ1) is 8.77. The average Bonchev–Trinajstić information content (AvgIpc) is 2.31. The van der Waals surface area contributed by atoms with E-state index in [0.29, 0.717) is 17.3 Å². The Morgan fingerprint density at radius 2 is 1.89 bits per heavy atom. The number of hydrogen-bond donors (Lipinski definition) is 1. The molecule has 108 valence electrons. The van der Waals surface area contributed by atoms with Crippen LogP contribution in [0, 0.1) is 5.92 Å². The summed E-state index contributed by atoms with van der Waals surface area (Å²) in [6.45, 7) is 3.86. The van der Waals surface area contributed by atoms with Gasteiger partial charge in [-0.05, 0) is 30.5 Å². The van der Waals surface area contributed by atoms with Gasteiger partial charge in [0.25, 0.3) is 0 Å². The molecule has 1 aromatic rings. The van der Waals surface area contributed by atoms with E-state index in [0.717, 1.165) is 0 Å². The Balaban J connectivity index is 3.06. The Labute approximate surface area is 129 Å². The Hall–Kier alpha value is -0.000000000000000111. The number of halogens is 3. The summed E-state index contributed by atoms with van der Waals surface area (Å²) in [5.41, 5.74) is 0. The zero-order chi connectivity index (χ0) is 14.6. The molecule has 0 fully saturated rings. The maximum Gasteiger partial charge on any atom is 0.242 e. The molecule has 0 heterocycles. The van der Waals surface area contributed by atoms with Gasteiger partial charge in [-0.2, -0.15) is 0 Å². The van der Waals surface area contributed by atoms with Crippen molar-refractivity contribution in [1.82, 2.24) is 4.72 Å². The Morgan fingerprint density at radius 1 is 1.26 bits per heavy atom. The number of hydrogen-bond acceptors (Lipinski definition) is 2. The smallest absolute Gasteiger partial charge is 0.208 e. The van der Waals surface area contributed by atoms with Crippen molar-refractivity contribution in [2.24, 2.45) is 5.92 Å². The number of rotatable bonds is 6. The van der Waals surface area contributed by atoms with Gasteiger partial charge in [0.05, 0.1) is 5.02 Å². The topological polar surface area (TPSA) is 46.2 Å². The Bertz CT molecular complexity index is 532. The highest BCUT2D eigenvalue weighted by atomic mass is 35.5. The van der Waals surface area contributed by atoms with Gasteiger partial charge in [0.15, 0.2) is 0 Å². The fourth-order valence-corrected chi connectivity index (χ4v) is 4.01. The lowest BCUT2D eigenvalue weighted by Gasteiger charge is -2.21. The second-order valence-corrected chi connectivity index (χ2v) is 7.43. The summed E-state index contributed by atoms with van der Waals surface area (Å²) in [6, 6.07) is 4.11. The molecular formula is C12H16Cl3NO2S. The molecule has 1 rings (SSSR count). The SMILES string of the molecule is CC(C)C(CCCl)NS(=O)(=O)c1cc(Cl)ccc1Cl. The van der Waals surface area contributed by atoms with Crippen LogP contribution >= 0.6 is 34.8 Å². The van der Waals surface area contributed by atoms with Crippen LogP contribution in [0.1, 0.15) is 20.3 Å². The van der Waals surface area contributed by atoms with Crippen molar-refractivity contribution in [1.29, 1.82) is 0 Å². The third-order valence-electron chi connectivity index (χ3n) is 2.71. The van der Waals surface area contributed by atoms with E-state index in [4.69, 9.17) is 34.8 Å². The van der Waals surface area contributed by atoms with E-state index < -0.39 is 10.0 Å². The average molecular weight is 345 g/mol. The molecule has 1 unspecified atom stereocenters. The summed E-state index contributed by atoms with van der Waals surface area (Å²) in [4.78, 5) is -0.0121. The molecule has 0 aromatic heterocycles. The fourth-order valence-electron chi connectivity index (χ4n) is 1.59. The predicted octanol–water partition coefficient (Wildman–Crippen LogP) is 3.93. The van der Waals surface area contributed by atoms with Crippen molar-refractivity contribution >= 4 is 44.8 Å². The van der Waals surface area contributed by atoms with Crippen LogP contribution in [0.4, 0.5) is 0 Å². The minimum atomic E-state index is -3.70. The molecule has 3 nitrogen and oxygen atoms in total. The highest BCUT2D eigenvalue weighted by molar-refractivity contribution is 7.89. The first kappa shape index (κ1) is 17.1. The number of sulfonamides is 1. The highest BCUT2D eigenvalue weighted by Crippen LogP contribution is 2.25. The lowest BCUT2D eigenvalue weighted by Crippen LogP contribution is -2.38. The Kier molecular flexibility index (Phi) is 6.40. The van der Waals surface area contributed by atoms with Gasteiger partial charge in [0.2, 0.25) is 10.0 Å². The number of nitrogens with one attached hydrogen (secondary N) is 1. The van der Waals surface area contributed by atoms with Gasteiger partial charge in [-0.3, -0.25) is 0 Å². The van der Waals surface area contributed by atoms with Gasteiger partial charge in [-0.1, -0.05) is 37.0 Å². The van der Waals surface area contributed by atoms with E-state index in [1.54, 1.807) is 6.07 Å². The van der Waals surface area contributed by atoms with Crippen LogP contribution in [0.3, 0.4) is 0 Å². The summed E-state index contributed by atoms with van der Waals surface area (Å²) >= 11 is 17.4. The maximum atomic E-state index is 12.3. The second-order valence-electron chi connectivity index (χ2n) is 4.52. The molecule has 0 aliphatic rings. The van der Waals surface area contributed by atoms with Crippen molar-refractivity contribution in [3.63, 3.8) is 0 Å². The molecule has 0 radical (unpaired) electrons. The van der Waals surface area contributed by atoms with Crippen molar-refractivity contribution in [3.05, 3.63) is 28.2 Å². The van der Waals surface area contributed by atoms with Gasteiger partial charge in [0.1, 0.15) is 4.90 Å². The largest absolute Gasteiger partial charge is 0.242 e. The zero-order valence-electron chi connectivity index (χ0n) is 10.7. The maximum absolute atomic E-state index is 12.3. The standard InChI is InChI=1S/C12H16Cl3NO2S/c1-8(2)11(5-6-13)16-19(17,18)12-7-9(14)3-4-10(12)15/h3-4,7-8,11,16H,5-6H2,1-2H3. The van der Waals surface area contributed by atoms with Crippen LogP contribution in [0.25, 0.3) is 0 Å². The van der Waals surface area contributed by atoms with Crippen LogP contribution in [-0.2, 0) is 10.0 Å². The van der Waals surface area contributed by atoms with Crippen LogP contribution < -0.4 is 4.72 Å². The molecule has 0 saturated carbocycles. The van der Waals surface area contributed by atoms with Crippen molar-refractivity contribution in [2.75, 3.05) is 5.88 Å². The molecule has 7 heteroatoms. The lowest BCUT2D eigenvalue weighted by atomic mass is 10.0. The quantitative estimate of drug-likeness (QED) is 0.795. The Morgan fingerprint density at radius 3 is 2.42 bits per heavy atom. The van der Waals surface area contributed by atoms with Crippen LogP contribution in [0.5, 0.6) is 0 Å². The molecular weight excluding hydrogens is 329 g/mol. The number of benzene rings is 1. The fraction of sp³-hybridized carbons (Fsp3) is 0.500. The molecule has 0 amide bonds. The van der Waals surface area contributed by atoms with E-state index in [1.165, 1.54) is 12.1 Å². The van der Waals surface area contributed by atoms with E-state index in [9.17, 15) is 8.42 Å². The van der Waals surface area contributed by atoms with Gasteiger partial charge in [-0.15, -0.1) is 11.6 Å². The molecule has 0 aliphatic carbocycles. The molecule has 1 atom stereocenters. The van der Waals surface area contributed by atoms with Gasteiger partial charge in [-0.25, -0.2) is 13.1 Å². The zero-order valence-corrected chi connectivity index (χ0v) is 13.7. The monoisotopic (exact) mass is 343 g/mol. The second kappa shape index (κ2) is 7.14. The van der Waals surface area contributed by atoms with Gasteiger partial charge < -0.3 is 0 Å². The lowest BCUT2D eigenvalue weighted by molar-refractivity contribution is 0.439. The third-order valence-corrected chi connectivity index (χ3v) is 5.14. The summed E-state index contributed by atoms with van der Waals surface area (Å²) in [6.07, 6.45) is 0.552. The van der Waals surface area contributed by atoms with E-state index in [1.807, 2.05) is 13.8 Å². The van der Waals surface area contributed by atoms with Crippen molar-refractivity contribution in [3.8, 4) is 0 Å². The van der Waals surface area contributed by atoms with Crippen molar-refractivity contribution < 1.29 is 8.42 Å². The summed E-state index contributed by atoms with van der Waals surface area (Å²) in [7, 11) is -3.70. The predicted molar refractivity (Wildman–Crippen MR) is 80.7 cm³/mol. The highest BCUT2D eigenvalue weighted by Gasteiger charge is 2.24. The molecule has 1 N–H and O–H groups in total. The first-order valence-electron chi connectivity index (χ1n) is 5.81. The number of alkyl halides is 1. The van der Waals surface area contributed by atoms with E-state index in [2.05, 4.69) is 4.72 Å². The summed E-state index contributed by atoms with van der Waals surface area (Å²) in [5.74, 6) is 0.515. The summed E-state index contributed by atoms with van der Waals surface area (Å²) in [5, 5.41) is 0.466. The molecule has 19 heavy (non-hydrogen) atoms. The van der Waals surface area contributed by atoms with Gasteiger partial charge >= 0.3 is 0 Å². The molecule has 0 aliphatic heterocycles. The normalized spacial score (nSPS) is 13.8. The van der Waals surface area contributed by atoms with Crippen LogP contribution in [0.2, 0.25) is 10.0 Å². The van der Waals surface area contributed by atoms with E-state index >= 15 is 0 Å². The van der Waals surface area contributed by atoms with Crippen LogP contribution in [0.15, 0.2) is 23.1 Å². The van der Waals surface area contributed by atoms with Crippen LogP contribution in [-0.4, -0.2) is 20.3 Å².